The number of rotatable bonds is 4. The maximum atomic E-state index is 13.6. The minimum absolute atomic E-state index is 0.101. The fourth-order valence-electron chi connectivity index (χ4n) is 3.48. The van der Waals surface area contributed by atoms with Crippen molar-refractivity contribution in [1.29, 1.82) is 0 Å². The summed E-state index contributed by atoms with van der Waals surface area (Å²) in [6.07, 6.45) is 1.42. The zero-order valence-electron chi connectivity index (χ0n) is 16.5. The number of fused-ring (bicyclic) bond motifs is 1. The minimum Gasteiger partial charge on any atom is -0.236 e. The van der Waals surface area contributed by atoms with E-state index in [4.69, 9.17) is 5.10 Å². The highest BCUT2D eigenvalue weighted by Crippen LogP contribution is 2.33. The topological polar surface area (TPSA) is 64.3 Å². The summed E-state index contributed by atoms with van der Waals surface area (Å²) in [6, 6.07) is 25.5. The molecule has 5 nitrogen and oxygen atoms in total. The fourth-order valence-corrected chi connectivity index (χ4v) is 5.42. The summed E-state index contributed by atoms with van der Waals surface area (Å²) in [5.41, 5.74) is 3.37. The molecule has 0 unspecified atom stereocenters. The molecular formula is C24H15Br2N3O2S. The minimum atomic E-state index is -3.82. The highest BCUT2D eigenvalue weighted by Gasteiger charge is 2.26. The van der Waals surface area contributed by atoms with Gasteiger partial charge in [-0.3, -0.25) is 0 Å². The summed E-state index contributed by atoms with van der Waals surface area (Å²) < 4.78 is 30.6. The van der Waals surface area contributed by atoms with E-state index in [9.17, 15) is 8.42 Å². The van der Waals surface area contributed by atoms with Crippen LogP contribution in [0.4, 0.5) is 0 Å². The van der Waals surface area contributed by atoms with E-state index < -0.39 is 9.84 Å². The quantitative estimate of drug-likeness (QED) is 0.251. The van der Waals surface area contributed by atoms with Crippen molar-refractivity contribution in [3.63, 3.8) is 0 Å². The molecule has 0 N–H and O–H groups in total. The Bertz CT molecular complexity index is 1530. The molecule has 0 aliphatic rings. The van der Waals surface area contributed by atoms with Crippen LogP contribution in [0.1, 0.15) is 0 Å². The number of hydrogen-bond acceptors (Lipinski definition) is 4. The molecule has 2 aromatic heterocycles. The van der Waals surface area contributed by atoms with E-state index in [1.165, 1.54) is 6.20 Å². The van der Waals surface area contributed by atoms with E-state index in [2.05, 4.69) is 36.8 Å². The summed E-state index contributed by atoms with van der Waals surface area (Å²) in [5.74, 6) is 0. The lowest BCUT2D eigenvalue weighted by Crippen LogP contribution is -2.09. The Hall–Kier alpha value is -2.81. The van der Waals surface area contributed by atoms with Gasteiger partial charge in [0.15, 0.2) is 5.65 Å². The van der Waals surface area contributed by atoms with Crippen molar-refractivity contribution in [2.75, 3.05) is 0 Å². The predicted molar refractivity (Wildman–Crippen MR) is 131 cm³/mol. The van der Waals surface area contributed by atoms with E-state index in [1.54, 1.807) is 34.8 Å². The summed E-state index contributed by atoms with van der Waals surface area (Å²) in [7, 11) is -3.82. The molecule has 0 amide bonds. The Morgan fingerprint density at radius 1 is 0.750 bits per heavy atom. The third kappa shape index (κ3) is 3.79. The van der Waals surface area contributed by atoms with Gasteiger partial charge in [-0.2, -0.15) is 5.10 Å². The van der Waals surface area contributed by atoms with Crippen molar-refractivity contribution >= 4 is 47.3 Å². The van der Waals surface area contributed by atoms with Crippen LogP contribution >= 0.6 is 31.9 Å². The van der Waals surface area contributed by atoms with Gasteiger partial charge in [-0.25, -0.2) is 17.9 Å². The average molecular weight is 569 g/mol. The Kier molecular flexibility index (Phi) is 5.44. The van der Waals surface area contributed by atoms with E-state index in [1.807, 2.05) is 54.6 Å². The molecule has 5 aromatic rings. The van der Waals surface area contributed by atoms with Crippen LogP contribution in [0.15, 0.2) is 110 Å². The summed E-state index contributed by atoms with van der Waals surface area (Å²) in [5, 5.41) is 4.74. The van der Waals surface area contributed by atoms with Gasteiger partial charge in [-0.15, -0.1) is 0 Å². The Labute approximate surface area is 201 Å². The SMILES string of the molecule is O=S(=O)(c1ccccc1)c1cnc2cc(-c3ccc(Br)cc3)nn2c1-c1ccc(Br)cc1. The third-order valence-electron chi connectivity index (χ3n) is 5.05. The number of halogens is 2. The first-order valence-electron chi connectivity index (χ1n) is 9.64. The van der Waals surface area contributed by atoms with Crippen molar-refractivity contribution in [1.82, 2.24) is 14.6 Å². The summed E-state index contributed by atoms with van der Waals surface area (Å²) in [6.45, 7) is 0. The molecule has 0 spiro atoms. The average Bonchev–Trinajstić information content (AvgIpc) is 3.24. The van der Waals surface area contributed by atoms with Crippen LogP contribution in [0.3, 0.4) is 0 Å². The van der Waals surface area contributed by atoms with Gasteiger partial charge in [-0.05, 0) is 36.4 Å². The second-order valence-electron chi connectivity index (χ2n) is 7.10. The number of sulfone groups is 1. The van der Waals surface area contributed by atoms with Gasteiger partial charge in [0, 0.05) is 26.1 Å². The van der Waals surface area contributed by atoms with Crippen molar-refractivity contribution in [2.45, 2.75) is 9.79 Å². The van der Waals surface area contributed by atoms with Crippen LogP contribution in [0.5, 0.6) is 0 Å². The van der Waals surface area contributed by atoms with Crippen LogP contribution in [0.25, 0.3) is 28.2 Å². The van der Waals surface area contributed by atoms with Crippen molar-refractivity contribution < 1.29 is 8.42 Å². The molecule has 3 aromatic carbocycles. The maximum absolute atomic E-state index is 13.6. The second-order valence-corrected chi connectivity index (χ2v) is 10.9. The first-order chi connectivity index (χ1) is 15.4. The van der Waals surface area contributed by atoms with Gasteiger partial charge in [0.25, 0.3) is 0 Å². The molecule has 2 heterocycles. The molecule has 0 radical (unpaired) electrons. The molecule has 0 saturated heterocycles. The number of aromatic nitrogens is 3. The van der Waals surface area contributed by atoms with Crippen LogP contribution in [-0.4, -0.2) is 23.0 Å². The van der Waals surface area contributed by atoms with Crippen molar-refractivity contribution in [3.05, 3.63) is 100 Å². The first kappa shape index (κ1) is 21.1. The van der Waals surface area contributed by atoms with Gasteiger partial charge in [-0.1, -0.05) is 74.3 Å². The van der Waals surface area contributed by atoms with Gasteiger partial charge in [0.1, 0.15) is 4.90 Å². The normalized spacial score (nSPS) is 11.7. The molecule has 8 heteroatoms. The third-order valence-corrected chi connectivity index (χ3v) is 7.88. The van der Waals surface area contributed by atoms with Gasteiger partial charge in [0.2, 0.25) is 9.84 Å². The molecular weight excluding hydrogens is 554 g/mol. The zero-order chi connectivity index (χ0) is 22.3. The highest BCUT2D eigenvalue weighted by atomic mass is 79.9. The summed E-state index contributed by atoms with van der Waals surface area (Å²) in [4.78, 5) is 4.75. The molecule has 0 aliphatic heterocycles. The molecule has 5 rings (SSSR count). The molecule has 0 atom stereocenters. The highest BCUT2D eigenvalue weighted by molar-refractivity contribution is 9.10. The largest absolute Gasteiger partial charge is 0.236 e. The maximum Gasteiger partial charge on any atom is 0.210 e. The molecule has 0 saturated carbocycles. The van der Waals surface area contributed by atoms with E-state index in [0.717, 1.165) is 20.1 Å². The molecule has 32 heavy (non-hydrogen) atoms. The van der Waals surface area contributed by atoms with Crippen LogP contribution < -0.4 is 0 Å². The first-order valence-corrected chi connectivity index (χ1v) is 12.7. The van der Waals surface area contributed by atoms with Crippen molar-refractivity contribution in [3.8, 4) is 22.5 Å². The zero-order valence-corrected chi connectivity index (χ0v) is 20.5. The number of benzene rings is 3. The Morgan fingerprint density at radius 3 is 1.97 bits per heavy atom. The van der Waals surface area contributed by atoms with E-state index in [0.29, 0.717) is 17.0 Å². The smallest absolute Gasteiger partial charge is 0.210 e. The Morgan fingerprint density at radius 2 is 1.34 bits per heavy atom. The Balaban J connectivity index is 1.80. The lowest BCUT2D eigenvalue weighted by atomic mass is 10.1. The number of hydrogen-bond donors (Lipinski definition) is 0. The molecule has 0 fully saturated rings. The molecule has 0 bridgehead atoms. The second kappa shape index (κ2) is 8.27. The van der Waals surface area contributed by atoms with Crippen LogP contribution in [0, 0.1) is 0 Å². The lowest BCUT2D eigenvalue weighted by molar-refractivity contribution is 0.595. The van der Waals surface area contributed by atoms with Gasteiger partial charge in [0.05, 0.1) is 22.5 Å². The summed E-state index contributed by atoms with van der Waals surface area (Å²) >= 11 is 6.89. The van der Waals surface area contributed by atoms with Gasteiger partial charge < -0.3 is 0 Å². The van der Waals surface area contributed by atoms with Crippen LogP contribution in [-0.2, 0) is 9.84 Å². The van der Waals surface area contributed by atoms with E-state index >= 15 is 0 Å². The van der Waals surface area contributed by atoms with Gasteiger partial charge >= 0.3 is 0 Å². The molecule has 158 valence electrons. The predicted octanol–water partition coefficient (Wildman–Crippen LogP) is 6.42. The van der Waals surface area contributed by atoms with Crippen LogP contribution in [0.2, 0.25) is 0 Å². The molecule has 0 aliphatic carbocycles. The van der Waals surface area contributed by atoms with E-state index in [-0.39, 0.29) is 9.79 Å². The number of nitrogens with zero attached hydrogens (tertiary/aromatic N) is 3. The standard InChI is InChI=1S/C24H15Br2N3O2S/c25-18-10-6-16(7-11-18)21-14-23-27-15-22(32(30,31)20-4-2-1-3-5-20)24(29(23)28-21)17-8-12-19(26)13-9-17/h1-15H. The monoisotopic (exact) mass is 567 g/mol. The lowest BCUT2D eigenvalue weighted by Gasteiger charge is -2.12. The van der Waals surface area contributed by atoms with Crippen molar-refractivity contribution in [2.24, 2.45) is 0 Å². The fraction of sp³-hybridized carbons (Fsp3) is 0.